The number of nitrogens with zero attached hydrogens (tertiary/aromatic N) is 2. The van der Waals surface area contributed by atoms with Crippen LogP contribution < -0.4 is 10.1 Å². The van der Waals surface area contributed by atoms with Crippen molar-refractivity contribution in [3.8, 4) is 5.75 Å². The van der Waals surface area contributed by atoms with Crippen LogP contribution in [0.5, 0.6) is 5.75 Å². The summed E-state index contributed by atoms with van der Waals surface area (Å²) in [6, 6.07) is 11.5. The highest BCUT2D eigenvalue weighted by molar-refractivity contribution is 7.16. The van der Waals surface area contributed by atoms with Crippen molar-refractivity contribution >= 4 is 29.0 Å². The average Bonchev–Trinajstić information content (AvgIpc) is 3.02. The zero-order valence-electron chi connectivity index (χ0n) is 15.5. The Balaban J connectivity index is 1.85. The van der Waals surface area contributed by atoms with E-state index in [1.54, 1.807) is 4.90 Å². The molecular weight excluding hydrogens is 370 g/mol. The van der Waals surface area contributed by atoms with Gasteiger partial charge in [-0.05, 0) is 50.8 Å². The zero-order valence-corrected chi connectivity index (χ0v) is 17.1. The van der Waals surface area contributed by atoms with Gasteiger partial charge in [-0.3, -0.25) is 0 Å². The van der Waals surface area contributed by atoms with Crippen LogP contribution in [0.3, 0.4) is 0 Å². The average molecular weight is 396 g/mol. The summed E-state index contributed by atoms with van der Waals surface area (Å²) in [4.78, 5) is 17.3. The minimum Gasteiger partial charge on any atom is -0.492 e. The maximum atomic E-state index is 12.4. The lowest BCUT2D eigenvalue weighted by Crippen LogP contribution is -2.38. The number of carbonyl (C=O) groups is 1. The van der Waals surface area contributed by atoms with Crippen LogP contribution in [-0.2, 0) is 13.1 Å². The largest absolute Gasteiger partial charge is 0.492 e. The van der Waals surface area contributed by atoms with Gasteiger partial charge in [0.05, 0.1) is 10.9 Å². The minimum absolute atomic E-state index is 0.0871. The normalized spacial score (nSPS) is 10.8. The van der Waals surface area contributed by atoms with Gasteiger partial charge in [0.15, 0.2) is 0 Å². The smallest absolute Gasteiger partial charge is 0.317 e. The monoisotopic (exact) mass is 395 g/mol. The minimum atomic E-state index is -0.0871. The number of ether oxygens (including phenoxy) is 1. The van der Waals surface area contributed by atoms with Crippen LogP contribution >= 0.6 is 22.9 Å². The third-order valence-corrected chi connectivity index (χ3v) is 5.01. The fourth-order valence-corrected chi connectivity index (χ4v) is 3.44. The molecule has 0 radical (unpaired) electrons. The Bertz CT molecular complexity index is 706. The first-order valence-corrected chi connectivity index (χ1v) is 9.81. The van der Waals surface area contributed by atoms with E-state index in [2.05, 4.69) is 10.2 Å². The number of thiophene rings is 1. The number of hydrogen-bond acceptors (Lipinski definition) is 4. The van der Waals surface area contributed by atoms with Gasteiger partial charge in [0.25, 0.3) is 0 Å². The number of urea groups is 1. The Hall–Kier alpha value is -1.76. The molecule has 0 atom stereocenters. The number of rotatable bonds is 9. The number of hydrogen-bond donors (Lipinski definition) is 1. The van der Waals surface area contributed by atoms with Gasteiger partial charge in [0, 0.05) is 24.5 Å². The second kappa shape index (κ2) is 10.4. The van der Waals surface area contributed by atoms with Crippen LogP contribution in [0.2, 0.25) is 4.34 Å². The molecule has 2 rings (SSSR count). The Morgan fingerprint density at radius 3 is 2.73 bits per heavy atom. The van der Waals surface area contributed by atoms with E-state index in [4.69, 9.17) is 16.3 Å². The lowest BCUT2D eigenvalue weighted by atomic mass is 10.2. The highest BCUT2D eigenvalue weighted by Gasteiger charge is 2.13. The van der Waals surface area contributed by atoms with Crippen molar-refractivity contribution in [1.82, 2.24) is 15.1 Å². The fourth-order valence-electron chi connectivity index (χ4n) is 2.33. The number of nitrogens with one attached hydrogen (secondary N) is 1. The molecule has 0 aliphatic carbocycles. The van der Waals surface area contributed by atoms with Crippen molar-refractivity contribution in [2.75, 3.05) is 33.8 Å². The molecule has 0 bridgehead atoms. The van der Waals surface area contributed by atoms with Crippen molar-refractivity contribution in [2.24, 2.45) is 0 Å². The maximum absolute atomic E-state index is 12.4. The van der Waals surface area contributed by atoms with Crippen molar-refractivity contribution in [3.05, 3.63) is 51.2 Å². The number of carbonyl (C=O) groups excluding carboxylic acids is 1. The number of likely N-dealkylation sites (N-methyl/N-ethyl adjacent to an activating group) is 1. The molecule has 0 aliphatic rings. The quantitative estimate of drug-likeness (QED) is 0.696. The summed E-state index contributed by atoms with van der Waals surface area (Å²) < 4.78 is 6.48. The molecular formula is C19H26ClN3O2S. The van der Waals surface area contributed by atoms with E-state index in [0.29, 0.717) is 26.2 Å². The van der Waals surface area contributed by atoms with Crippen LogP contribution in [0.4, 0.5) is 4.79 Å². The Labute approximate surface area is 164 Å². The van der Waals surface area contributed by atoms with Gasteiger partial charge in [-0.25, -0.2) is 4.79 Å². The molecule has 0 fully saturated rings. The standard InChI is InChI=1S/C19H26ClN3O2S/c1-4-23(14-17-8-9-18(20)26-17)19(24)21-13-15-6-5-7-16(12-15)25-11-10-22(2)3/h5-9,12H,4,10-11,13-14H2,1-3H3,(H,21,24). The first kappa shape index (κ1) is 20.6. The maximum Gasteiger partial charge on any atom is 0.317 e. The first-order chi connectivity index (χ1) is 12.5. The van der Waals surface area contributed by atoms with Gasteiger partial charge < -0.3 is 19.9 Å². The fraction of sp³-hybridized carbons (Fsp3) is 0.421. The van der Waals surface area contributed by atoms with Crippen molar-refractivity contribution < 1.29 is 9.53 Å². The second-order valence-corrected chi connectivity index (χ2v) is 7.98. The molecule has 0 unspecified atom stereocenters. The number of amides is 2. The van der Waals surface area contributed by atoms with Crippen molar-refractivity contribution in [1.29, 1.82) is 0 Å². The lowest BCUT2D eigenvalue weighted by Gasteiger charge is -2.21. The van der Waals surface area contributed by atoms with Crippen LogP contribution in [0.15, 0.2) is 36.4 Å². The Kier molecular flexibility index (Phi) is 8.22. The van der Waals surface area contributed by atoms with Crippen molar-refractivity contribution in [2.45, 2.75) is 20.0 Å². The van der Waals surface area contributed by atoms with Gasteiger partial charge in [-0.15, -0.1) is 11.3 Å². The Morgan fingerprint density at radius 2 is 2.08 bits per heavy atom. The Morgan fingerprint density at radius 1 is 1.27 bits per heavy atom. The summed E-state index contributed by atoms with van der Waals surface area (Å²) in [5.74, 6) is 0.819. The predicted octanol–water partition coefficient (Wildman–Crippen LogP) is 4.07. The van der Waals surface area contributed by atoms with Crippen LogP contribution in [0.1, 0.15) is 17.4 Å². The summed E-state index contributed by atoms with van der Waals surface area (Å²) in [6.45, 7) is 5.12. The molecule has 0 saturated heterocycles. The van der Waals surface area contributed by atoms with Gasteiger partial charge in [0.1, 0.15) is 12.4 Å². The zero-order chi connectivity index (χ0) is 18.9. The summed E-state index contributed by atoms with van der Waals surface area (Å²) in [5.41, 5.74) is 1.01. The SMILES string of the molecule is CCN(Cc1ccc(Cl)s1)C(=O)NCc1cccc(OCCN(C)C)c1. The highest BCUT2D eigenvalue weighted by Crippen LogP contribution is 2.22. The van der Waals surface area contributed by atoms with E-state index in [0.717, 1.165) is 27.1 Å². The summed E-state index contributed by atoms with van der Waals surface area (Å²) >= 11 is 7.46. The molecule has 1 aromatic carbocycles. The predicted molar refractivity (Wildman–Crippen MR) is 108 cm³/mol. The molecule has 5 nitrogen and oxygen atoms in total. The molecule has 0 spiro atoms. The molecule has 1 N–H and O–H groups in total. The van der Waals surface area contributed by atoms with Gasteiger partial charge in [0.2, 0.25) is 0 Å². The molecule has 1 aromatic heterocycles. The number of benzene rings is 1. The lowest BCUT2D eigenvalue weighted by molar-refractivity contribution is 0.198. The molecule has 2 aromatic rings. The van der Waals surface area contributed by atoms with E-state index < -0.39 is 0 Å². The van der Waals surface area contributed by atoms with Gasteiger partial charge in [-0.1, -0.05) is 23.7 Å². The van der Waals surface area contributed by atoms with E-state index in [1.807, 2.05) is 57.4 Å². The molecule has 0 aliphatic heterocycles. The van der Waals surface area contributed by atoms with E-state index in [9.17, 15) is 4.79 Å². The topological polar surface area (TPSA) is 44.8 Å². The summed E-state index contributed by atoms with van der Waals surface area (Å²) in [6.07, 6.45) is 0. The first-order valence-electron chi connectivity index (χ1n) is 8.61. The van der Waals surface area contributed by atoms with Gasteiger partial charge >= 0.3 is 6.03 Å². The molecule has 26 heavy (non-hydrogen) atoms. The molecule has 1 heterocycles. The molecule has 0 saturated carbocycles. The van der Waals surface area contributed by atoms with E-state index >= 15 is 0 Å². The van der Waals surface area contributed by atoms with E-state index in [1.165, 1.54) is 11.3 Å². The summed E-state index contributed by atoms with van der Waals surface area (Å²) in [7, 11) is 4.03. The third-order valence-electron chi connectivity index (χ3n) is 3.79. The van der Waals surface area contributed by atoms with Gasteiger partial charge in [-0.2, -0.15) is 0 Å². The van der Waals surface area contributed by atoms with E-state index in [-0.39, 0.29) is 6.03 Å². The highest BCUT2D eigenvalue weighted by atomic mass is 35.5. The van der Waals surface area contributed by atoms with Crippen LogP contribution in [0, 0.1) is 0 Å². The second-order valence-electron chi connectivity index (χ2n) is 6.18. The number of halogens is 1. The summed E-state index contributed by atoms with van der Waals surface area (Å²) in [5, 5.41) is 2.97. The third kappa shape index (κ3) is 6.86. The molecule has 142 valence electrons. The molecule has 7 heteroatoms. The molecule has 2 amide bonds. The van der Waals surface area contributed by atoms with Crippen LogP contribution in [0.25, 0.3) is 0 Å². The van der Waals surface area contributed by atoms with Crippen molar-refractivity contribution in [3.63, 3.8) is 0 Å². The van der Waals surface area contributed by atoms with Crippen LogP contribution in [-0.4, -0.2) is 49.6 Å².